The van der Waals surface area contributed by atoms with Crippen LogP contribution in [-0.2, 0) is 11.3 Å². The van der Waals surface area contributed by atoms with Crippen molar-refractivity contribution in [1.29, 1.82) is 0 Å². The summed E-state index contributed by atoms with van der Waals surface area (Å²) >= 11 is 0. The molecule has 0 radical (unpaired) electrons. The van der Waals surface area contributed by atoms with Crippen molar-refractivity contribution in [1.82, 2.24) is 19.8 Å². The molecule has 2 aromatic heterocycles. The van der Waals surface area contributed by atoms with Crippen LogP contribution in [0.5, 0.6) is 0 Å². The number of imidazole rings is 1. The topological polar surface area (TPSA) is 80.4 Å². The molecule has 1 atom stereocenters. The van der Waals surface area contributed by atoms with Gasteiger partial charge in [0.1, 0.15) is 11.9 Å². The van der Waals surface area contributed by atoms with Crippen molar-refractivity contribution in [2.45, 2.75) is 32.4 Å². The quantitative estimate of drug-likeness (QED) is 0.752. The number of carbonyl (C=O) groups is 2. The molecule has 1 N–H and O–H groups in total. The second-order valence-corrected chi connectivity index (χ2v) is 6.72. The van der Waals surface area contributed by atoms with Gasteiger partial charge in [0.25, 0.3) is 5.91 Å². The molecule has 3 aromatic rings. The van der Waals surface area contributed by atoms with Crippen molar-refractivity contribution >= 4 is 22.8 Å². The first kappa shape index (κ1) is 17.3. The highest BCUT2D eigenvalue weighted by atomic mass is 16.3. The van der Waals surface area contributed by atoms with Gasteiger partial charge in [0, 0.05) is 19.6 Å². The number of furan rings is 1. The fraction of sp³-hybridized carbons (Fsp3) is 0.350. The van der Waals surface area contributed by atoms with Crippen LogP contribution in [0.4, 0.5) is 0 Å². The SMILES string of the molecule is Cc1nc2ccccc2n1CCNC(=O)C1CCCN1C(=O)c1ccco1. The number of hydrogen-bond donors (Lipinski definition) is 1. The van der Waals surface area contributed by atoms with Gasteiger partial charge in [-0.25, -0.2) is 4.98 Å². The molecule has 1 aromatic carbocycles. The highest BCUT2D eigenvalue weighted by Gasteiger charge is 2.35. The van der Waals surface area contributed by atoms with Gasteiger partial charge in [-0.2, -0.15) is 0 Å². The first-order chi connectivity index (χ1) is 13.1. The molecule has 2 amide bonds. The number of carbonyl (C=O) groups excluding carboxylic acids is 2. The summed E-state index contributed by atoms with van der Waals surface area (Å²) in [5, 5.41) is 2.97. The summed E-state index contributed by atoms with van der Waals surface area (Å²) in [5.74, 6) is 0.847. The van der Waals surface area contributed by atoms with E-state index < -0.39 is 6.04 Å². The van der Waals surface area contributed by atoms with Crippen molar-refractivity contribution < 1.29 is 14.0 Å². The van der Waals surface area contributed by atoms with Crippen molar-refractivity contribution in [3.05, 3.63) is 54.2 Å². The Balaban J connectivity index is 1.39. The molecule has 7 heteroatoms. The average molecular weight is 366 g/mol. The molecular weight excluding hydrogens is 344 g/mol. The number of fused-ring (bicyclic) bond motifs is 1. The van der Waals surface area contributed by atoms with Crippen molar-refractivity contribution in [3.8, 4) is 0 Å². The zero-order chi connectivity index (χ0) is 18.8. The van der Waals surface area contributed by atoms with Crippen LogP contribution in [0.25, 0.3) is 11.0 Å². The second kappa shape index (κ2) is 7.26. The summed E-state index contributed by atoms with van der Waals surface area (Å²) in [6, 6.07) is 10.8. The number of nitrogens with zero attached hydrogens (tertiary/aromatic N) is 3. The Morgan fingerprint density at radius 3 is 2.93 bits per heavy atom. The van der Waals surface area contributed by atoms with Crippen molar-refractivity contribution in [2.24, 2.45) is 0 Å². The minimum atomic E-state index is -0.441. The third kappa shape index (κ3) is 3.32. The zero-order valence-corrected chi connectivity index (χ0v) is 15.2. The standard InChI is InChI=1S/C20H22N4O3/c1-14-22-15-6-2-3-7-16(15)23(14)12-10-21-19(25)17-8-4-11-24(17)20(26)18-9-5-13-27-18/h2-3,5-7,9,13,17H,4,8,10-12H2,1H3,(H,21,25). The van der Waals surface area contributed by atoms with E-state index in [2.05, 4.69) is 14.9 Å². The molecular formula is C20H22N4O3. The van der Waals surface area contributed by atoms with Crippen LogP contribution >= 0.6 is 0 Å². The Morgan fingerprint density at radius 1 is 1.26 bits per heavy atom. The van der Waals surface area contributed by atoms with Gasteiger partial charge in [-0.3, -0.25) is 9.59 Å². The van der Waals surface area contributed by atoms with Crippen LogP contribution in [0, 0.1) is 6.92 Å². The maximum atomic E-state index is 12.6. The summed E-state index contributed by atoms with van der Waals surface area (Å²) in [4.78, 5) is 31.3. The van der Waals surface area contributed by atoms with Gasteiger partial charge in [-0.15, -0.1) is 0 Å². The smallest absolute Gasteiger partial charge is 0.290 e. The van der Waals surface area contributed by atoms with E-state index in [0.717, 1.165) is 23.3 Å². The number of rotatable bonds is 5. The van der Waals surface area contributed by atoms with E-state index in [4.69, 9.17) is 4.42 Å². The Hall–Kier alpha value is -3.09. The first-order valence-corrected chi connectivity index (χ1v) is 9.19. The Bertz CT molecular complexity index is 961. The van der Waals surface area contributed by atoms with Crippen LogP contribution in [-0.4, -0.2) is 45.4 Å². The molecule has 140 valence electrons. The van der Waals surface area contributed by atoms with E-state index >= 15 is 0 Å². The number of aryl methyl sites for hydroxylation is 1. The molecule has 0 spiro atoms. The van der Waals surface area contributed by atoms with E-state index in [1.807, 2.05) is 31.2 Å². The van der Waals surface area contributed by atoms with Gasteiger partial charge < -0.3 is 19.2 Å². The van der Waals surface area contributed by atoms with Crippen LogP contribution in [0.3, 0.4) is 0 Å². The molecule has 1 aliphatic rings. The van der Waals surface area contributed by atoms with Crippen LogP contribution in [0.1, 0.15) is 29.2 Å². The van der Waals surface area contributed by atoms with Crippen molar-refractivity contribution in [3.63, 3.8) is 0 Å². The lowest BCUT2D eigenvalue weighted by Crippen LogP contribution is -2.46. The van der Waals surface area contributed by atoms with Gasteiger partial charge in [-0.05, 0) is 44.0 Å². The molecule has 3 heterocycles. The number of para-hydroxylation sites is 2. The van der Waals surface area contributed by atoms with Gasteiger partial charge >= 0.3 is 0 Å². The predicted octanol–water partition coefficient (Wildman–Crippen LogP) is 2.36. The average Bonchev–Trinajstić information content (AvgIpc) is 3.41. The Kier molecular flexibility index (Phi) is 4.66. The first-order valence-electron chi connectivity index (χ1n) is 9.19. The van der Waals surface area contributed by atoms with Gasteiger partial charge in [0.15, 0.2) is 5.76 Å². The van der Waals surface area contributed by atoms with Crippen molar-refractivity contribution in [2.75, 3.05) is 13.1 Å². The number of nitrogens with one attached hydrogen (secondary N) is 1. The molecule has 0 bridgehead atoms. The highest BCUT2D eigenvalue weighted by molar-refractivity contribution is 5.96. The van der Waals surface area contributed by atoms with Crippen LogP contribution < -0.4 is 5.32 Å². The number of amides is 2. The van der Waals surface area contributed by atoms with E-state index in [-0.39, 0.29) is 17.6 Å². The fourth-order valence-electron chi connectivity index (χ4n) is 3.71. The number of benzene rings is 1. The zero-order valence-electron chi connectivity index (χ0n) is 15.2. The predicted molar refractivity (Wildman–Crippen MR) is 100 cm³/mol. The second-order valence-electron chi connectivity index (χ2n) is 6.72. The Morgan fingerprint density at radius 2 is 2.11 bits per heavy atom. The third-order valence-corrected chi connectivity index (χ3v) is 5.03. The third-order valence-electron chi connectivity index (χ3n) is 5.03. The number of aromatic nitrogens is 2. The van der Waals surface area contributed by atoms with E-state index in [1.165, 1.54) is 6.26 Å². The van der Waals surface area contributed by atoms with Crippen LogP contribution in [0.2, 0.25) is 0 Å². The van der Waals surface area contributed by atoms with Gasteiger partial charge in [-0.1, -0.05) is 12.1 Å². The number of hydrogen-bond acceptors (Lipinski definition) is 4. The fourth-order valence-corrected chi connectivity index (χ4v) is 3.71. The molecule has 7 nitrogen and oxygen atoms in total. The van der Waals surface area contributed by atoms with Crippen LogP contribution in [0.15, 0.2) is 47.1 Å². The maximum absolute atomic E-state index is 12.6. The van der Waals surface area contributed by atoms with E-state index in [1.54, 1.807) is 17.0 Å². The minimum Gasteiger partial charge on any atom is -0.459 e. The lowest BCUT2D eigenvalue weighted by atomic mass is 10.2. The molecule has 0 aliphatic carbocycles. The summed E-state index contributed by atoms with van der Waals surface area (Å²) in [7, 11) is 0. The normalized spacial score (nSPS) is 16.8. The largest absolute Gasteiger partial charge is 0.459 e. The monoisotopic (exact) mass is 366 g/mol. The molecule has 4 rings (SSSR count). The summed E-state index contributed by atoms with van der Waals surface area (Å²) in [6.45, 7) is 3.65. The summed E-state index contributed by atoms with van der Waals surface area (Å²) < 4.78 is 7.28. The Labute approximate surface area is 157 Å². The lowest BCUT2D eigenvalue weighted by molar-refractivity contribution is -0.124. The molecule has 27 heavy (non-hydrogen) atoms. The molecule has 1 saturated heterocycles. The van der Waals surface area contributed by atoms with Gasteiger partial charge in [0.05, 0.1) is 17.3 Å². The molecule has 1 fully saturated rings. The van der Waals surface area contributed by atoms with E-state index in [9.17, 15) is 9.59 Å². The molecule has 0 saturated carbocycles. The summed E-state index contributed by atoms with van der Waals surface area (Å²) in [6.07, 6.45) is 2.96. The minimum absolute atomic E-state index is 0.116. The van der Waals surface area contributed by atoms with E-state index in [0.29, 0.717) is 26.1 Å². The molecule has 1 unspecified atom stereocenters. The maximum Gasteiger partial charge on any atom is 0.290 e. The molecule has 1 aliphatic heterocycles. The number of likely N-dealkylation sites (tertiary alicyclic amines) is 1. The summed E-state index contributed by atoms with van der Waals surface area (Å²) in [5.41, 5.74) is 2.01. The van der Waals surface area contributed by atoms with Gasteiger partial charge in [0.2, 0.25) is 5.91 Å². The highest BCUT2D eigenvalue weighted by Crippen LogP contribution is 2.21. The lowest BCUT2D eigenvalue weighted by Gasteiger charge is -2.23.